The van der Waals surface area contributed by atoms with E-state index in [0.29, 0.717) is 11.6 Å². The molecule has 2 fully saturated rings. The molecule has 6 heteroatoms. The van der Waals surface area contributed by atoms with Gasteiger partial charge in [-0.15, -0.1) is 11.3 Å². The average molecular weight is 329 g/mol. The van der Waals surface area contributed by atoms with Crippen molar-refractivity contribution in [2.24, 2.45) is 5.92 Å². The third kappa shape index (κ3) is 3.28. The second-order valence-corrected chi connectivity index (χ2v) is 7.03. The fraction of sp³-hybridized carbons (Fsp3) is 0.471. The largest absolute Gasteiger partial charge is 0.371 e. The number of nitrogens with zero attached hydrogens (tertiary/aromatic N) is 3. The van der Waals surface area contributed by atoms with Gasteiger partial charge in [-0.3, -0.25) is 9.78 Å². The second-order valence-electron chi connectivity index (χ2n) is 6.14. The van der Waals surface area contributed by atoms with Crippen LogP contribution in [-0.2, 0) is 4.74 Å². The fourth-order valence-corrected chi connectivity index (χ4v) is 3.70. The molecule has 1 atom stereocenters. The van der Waals surface area contributed by atoms with E-state index in [-0.39, 0.29) is 12.0 Å². The van der Waals surface area contributed by atoms with Gasteiger partial charge >= 0.3 is 0 Å². The predicted molar refractivity (Wildman–Crippen MR) is 88.7 cm³/mol. The van der Waals surface area contributed by atoms with Crippen LogP contribution in [0.1, 0.15) is 47.3 Å². The maximum Gasteiger partial charge on any atom is 0.277 e. The van der Waals surface area contributed by atoms with Crippen molar-refractivity contribution in [3.05, 3.63) is 40.6 Å². The minimum absolute atomic E-state index is 0.0367. The highest BCUT2D eigenvalue weighted by Crippen LogP contribution is 2.33. The molecular weight excluding hydrogens is 310 g/mol. The van der Waals surface area contributed by atoms with E-state index in [1.807, 2.05) is 22.4 Å². The maximum atomic E-state index is 12.9. The molecule has 1 aliphatic heterocycles. The van der Waals surface area contributed by atoms with Gasteiger partial charge in [0, 0.05) is 24.7 Å². The Bertz CT molecular complexity index is 678. The van der Waals surface area contributed by atoms with Gasteiger partial charge in [0.25, 0.3) is 5.91 Å². The zero-order valence-corrected chi connectivity index (χ0v) is 13.7. The SMILES string of the molecule is O=C(c1csc([C@@H]2CCCO2)n1)N(CC1CC1)c1cccnc1. The summed E-state index contributed by atoms with van der Waals surface area (Å²) in [4.78, 5) is 23.5. The zero-order chi connectivity index (χ0) is 15.6. The van der Waals surface area contributed by atoms with Gasteiger partial charge in [0.1, 0.15) is 16.8 Å². The van der Waals surface area contributed by atoms with E-state index in [4.69, 9.17) is 4.74 Å². The lowest BCUT2D eigenvalue weighted by atomic mass is 10.2. The van der Waals surface area contributed by atoms with Crippen LogP contribution in [0.15, 0.2) is 29.9 Å². The van der Waals surface area contributed by atoms with E-state index < -0.39 is 0 Å². The molecule has 1 aliphatic carbocycles. The Kier molecular flexibility index (Phi) is 4.10. The van der Waals surface area contributed by atoms with Gasteiger partial charge in [-0.2, -0.15) is 0 Å². The summed E-state index contributed by atoms with van der Waals surface area (Å²) in [5.41, 5.74) is 1.36. The highest BCUT2D eigenvalue weighted by atomic mass is 32.1. The molecule has 2 aliphatic rings. The van der Waals surface area contributed by atoms with Crippen LogP contribution < -0.4 is 4.90 Å². The van der Waals surface area contributed by atoms with Crippen molar-refractivity contribution >= 4 is 22.9 Å². The van der Waals surface area contributed by atoms with Gasteiger partial charge in [0.15, 0.2) is 0 Å². The normalized spacial score (nSPS) is 20.6. The molecule has 3 heterocycles. The van der Waals surface area contributed by atoms with Crippen LogP contribution >= 0.6 is 11.3 Å². The molecule has 120 valence electrons. The first-order valence-corrected chi connectivity index (χ1v) is 8.98. The lowest BCUT2D eigenvalue weighted by Gasteiger charge is -2.21. The number of carbonyl (C=O) groups is 1. The Labute approximate surface area is 139 Å². The zero-order valence-electron chi connectivity index (χ0n) is 12.9. The van der Waals surface area contributed by atoms with Crippen LogP contribution in [0.5, 0.6) is 0 Å². The molecule has 0 bridgehead atoms. The Morgan fingerprint density at radius 2 is 2.30 bits per heavy atom. The van der Waals surface area contributed by atoms with E-state index in [9.17, 15) is 4.79 Å². The van der Waals surface area contributed by atoms with Crippen molar-refractivity contribution in [1.29, 1.82) is 0 Å². The highest BCUT2D eigenvalue weighted by Gasteiger charge is 2.30. The fourth-order valence-electron chi connectivity index (χ4n) is 2.82. The van der Waals surface area contributed by atoms with Gasteiger partial charge in [-0.1, -0.05) is 0 Å². The quantitative estimate of drug-likeness (QED) is 0.843. The van der Waals surface area contributed by atoms with E-state index >= 15 is 0 Å². The Hall–Kier alpha value is -1.79. The highest BCUT2D eigenvalue weighted by molar-refractivity contribution is 7.09. The summed E-state index contributed by atoms with van der Waals surface area (Å²) >= 11 is 1.52. The van der Waals surface area contributed by atoms with Gasteiger partial charge in [-0.25, -0.2) is 4.98 Å². The molecule has 0 unspecified atom stereocenters. The molecule has 0 radical (unpaired) electrons. The van der Waals surface area contributed by atoms with Crippen molar-refractivity contribution in [3.63, 3.8) is 0 Å². The molecule has 23 heavy (non-hydrogen) atoms. The smallest absolute Gasteiger partial charge is 0.277 e. The molecule has 2 aromatic heterocycles. The first-order valence-electron chi connectivity index (χ1n) is 8.10. The number of pyridine rings is 1. The molecule has 2 aromatic rings. The van der Waals surface area contributed by atoms with E-state index in [1.165, 1.54) is 24.2 Å². The molecule has 0 aromatic carbocycles. The topological polar surface area (TPSA) is 55.3 Å². The number of aromatic nitrogens is 2. The molecule has 1 amide bonds. The number of hydrogen-bond acceptors (Lipinski definition) is 5. The van der Waals surface area contributed by atoms with Crippen molar-refractivity contribution in [1.82, 2.24) is 9.97 Å². The summed E-state index contributed by atoms with van der Waals surface area (Å²) in [6.07, 6.45) is 7.99. The predicted octanol–water partition coefficient (Wildman–Crippen LogP) is 3.45. The first-order chi connectivity index (χ1) is 11.3. The van der Waals surface area contributed by atoms with Crippen molar-refractivity contribution < 1.29 is 9.53 Å². The van der Waals surface area contributed by atoms with Gasteiger partial charge in [-0.05, 0) is 43.7 Å². The second kappa shape index (κ2) is 6.37. The number of amides is 1. The molecule has 1 saturated carbocycles. The molecule has 0 spiro atoms. The number of hydrogen-bond donors (Lipinski definition) is 0. The minimum Gasteiger partial charge on any atom is -0.371 e. The molecule has 5 nitrogen and oxygen atoms in total. The van der Waals surface area contributed by atoms with E-state index in [2.05, 4.69) is 9.97 Å². The van der Waals surface area contributed by atoms with Crippen molar-refractivity contribution in [2.75, 3.05) is 18.1 Å². The van der Waals surface area contributed by atoms with E-state index in [1.54, 1.807) is 12.4 Å². The van der Waals surface area contributed by atoms with Crippen LogP contribution in [0.4, 0.5) is 5.69 Å². The van der Waals surface area contributed by atoms with Crippen molar-refractivity contribution in [2.45, 2.75) is 31.8 Å². The van der Waals surface area contributed by atoms with Crippen LogP contribution in [0, 0.1) is 5.92 Å². The summed E-state index contributed by atoms with van der Waals surface area (Å²) in [6, 6.07) is 3.79. The molecule has 4 rings (SSSR count). The van der Waals surface area contributed by atoms with Crippen LogP contribution in [-0.4, -0.2) is 29.0 Å². The first kappa shape index (κ1) is 14.8. The molecule has 0 N–H and O–H groups in total. The number of carbonyl (C=O) groups excluding carboxylic acids is 1. The van der Waals surface area contributed by atoms with E-state index in [0.717, 1.165) is 36.7 Å². The Balaban J connectivity index is 1.56. The van der Waals surface area contributed by atoms with Crippen LogP contribution in [0.3, 0.4) is 0 Å². The number of ether oxygens (including phenoxy) is 1. The molecular formula is C17H19N3O2S. The maximum absolute atomic E-state index is 12.9. The van der Waals surface area contributed by atoms with Gasteiger partial charge in [0.2, 0.25) is 0 Å². The summed E-state index contributed by atoms with van der Waals surface area (Å²) in [6.45, 7) is 1.54. The van der Waals surface area contributed by atoms with Crippen molar-refractivity contribution in [3.8, 4) is 0 Å². The molecule has 1 saturated heterocycles. The lowest BCUT2D eigenvalue weighted by molar-refractivity contribution is 0.0977. The van der Waals surface area contributed by atoms with Gasteiger partial charge < -0.3 is 9.64 Å². The average Bonchev–Trinajstić information content (AvgIpc) is 3.06. The standard InChI is InChI=1S/C17H19N3O2S/c21-17(14-11-23-16(19-14)15-4-2-8-22-15)20(10-12-5-6-12)13-3-1-7-18-9-13/h1,3,7,9,11-12,15H,2,4-6,8,10H2/t15-/m0/s1. The van der Waals surface area contributed by atoms with Crippen LogP contribution in [0.25, 0.3) is 0 Å². The summed E-state index contributed by atoms with van der Waals surface area (Å²) < 4.78 is 5.66. The van der Waals surface area contributed by atoms with Crippen LogP contribution in [0.2, 0.25) is 0 Å². The third-order valence-corrected chi connectivity index (χ3v) is 5.22. The summed E-state index contributed by atoms with van der Waals surface area (Å²) in [7, 11) is 0. The Morgan fingerprint density at radius 1 is 1.39 bits per heavy atom. The summed E-state index contributed by atoms with van der Waals surface area (Å²) in [5.74, 6) is 0.570. The summed E-state index contributed by atoms with van der Waals surface area (Å²) in [5, 5.41) is 2.78. The monoisotopic (exact) mass is 329 g/mol. The third-order valence-electron chi connectivity index (χ3n) is 4.29. The number of anilines is 1. The number of thiazole rings is 1. The van der Waals surface area contributed by atoms with Gasteiger partial charge in [0.05, 0.1) is 11.9 Å². The number of rotatable bonds is 5. The Morgan fingerprint density at radius 3 is 3.00 bits per heavy atom. The minimum atomic E-state index is -0.0367. The lowest BCUT2D eigenvalue weighted by Crippen LogP contribution is -2.33.